The van der Waals surface area contributed by atoms with Crippen molar-refractivity contribution in [3.63, 3.8) is 0 Å². The van der Waals surface area contributed by atoms with E-state index in [0.717, 1.165) is 19.4 Å². The first-order chi connectivity index (χ1) is 9.00. The standard InChI is InChI=1S/C15H31N3O/c1-13(2)10-17-14(19)11-18(3)15(12-16)8-6-4-5-7-9-15/h13H,4-12,16H2,1-3H3,(H,17,19). The Bertz CT molecular complexity index is 271. The summed E-state index contributed by atoms with van der Waals surface area (Å²) in [5.74, 6) is 0.615. The fraction of sp³-hybridized carbons (Fsp3) is 0.933. The van der Waals surface area contributed by atoms with Crippen LogP contribution in [0.5, 0.6) is 0 Å². The average molecular weight is 269 g/mol. The minimum atomic E-state index is 0.0334. The zero-order valence-electron chi connectivity index (χ0n) is 12.9. The van der Waals surface area contributed by atoms with Crippen molar-refractivity contribution in [1.29, 1.82) is 0 Å². The lowest BCUT2D eigenvalue weighted by atomic mass is 9.88. The molecule has 1 aliphatic carbocycles. The summed E-state index contributed by atoms with van der Waals surface area (Å²) < 4.78 is 0. The number of amides is 1. The lowest BCUT2D eigenvalue weighted by Gasteiger charge is -2.40. The third-order valence-electron chi connectivity index (χ3n) is 4.31. The molecule has 3 N–H and O–H groups in total. The van der Waals surface area contributed by atoms with Gasteiger partial charge in [-0.15, -0.1) is 0 Å². The number of carbonyl (C=O) groups excluding carboxylic acids is 1. The first-order valence-electron chi connectivity index (χ1n) is 7.68. The van der Waals surface area contributed by atoms with Crippen molar-refractivity contribution >= 4 is 5.91 Å². The predicted molar refractivity (Wildman–Crippen MR) is 80.0 cm³/mol. The van der Waals surface area contributed by atoms with E-state index in [-0.39, 0.29) is 11.4 Å². The van der Waals surface area contributed by atoms with Crippen LogP contribution in [0.4, 0.5) is 0 Å². The lowest BCUT2D eigenvalue weighted by molar-refractivity contribution is -0.123. The van der Waals surface area contributed by atoms with Crippen LogP contribution in [0.15, 0.2) is 0 Å². The first-order valence-corrected chi connectivity index (χ1v) is 7.68. The molecule has 0 bridgehead atoms. The molecule has 0 aromatic carbocycles. The molecule has 1 aliphatic rings. The van der Waals surface area contributed by atoms with Crippen LogP contribution in [-0.4, -0.2) is 43.0 Å². The van der Waals surface area contributed by atoms with Crippen LogP contribution in [-0.2, 0) is 4.79 Å². The highest BCUT2D eigenvalue weighted by atomic mass is 16.2. The van der Waals surface area contributed by atoms with Gasteiger partial charge in [-0.25, -0.2) is 0 Å². The average Bonchev–Trinajstić information content (AvgIpc) is 2.62. The summed E-state index contributed by atoms with van der Waals surface area (Å²) >= 11 is 0. The maximum absolute atomic E-state index is 12.0. The van der Waals surface area contributed by atoms with Crippen LogP contribution >= 0.6 is 0 Å². The lowest BCUT2D eigenvalue weighted by Crippen LogP contribution is -2.54. The molecule has 0 atom stereocenters. The SMILES string of the molecule is CC(C)CNC(=O)CN(C)C1(CN)CCCCCC1. The number of nitrogens with zero attached hydrogens (tertiary/aromatic N) is 1. The molecular formula is C15H31N3O. The van der Waals surface area contributed by atoms with Crippen LogP contribution in [0.25, 0.3) is 0 Å². The van der Waals surface area contributed by atoms with Crippen molar-refractivity contribution < 1.29 is 4.79 Å². The van der Waals surface area contributed by atoms with Crippen molar-refractivity contribution in [2.75, 3.05) is 26.7 Å². The number of likely N-dealkylation sites (N-methyl/N-ethyl adjacent to an activating group) is 1. The zero-order chi connectivity index (χ0) is 14.3. The summed E-state index contributed by atoms with van der Waals surface area (Å²) in [6, 6.07) is 0. The number of hydrogen-bond donors (Lipinski definition) is 2. The van der Waals surface area contributed by atoms with Crippen LogP contribution in [0.2, 0.25) is 0 Å². The van der Waals surface area contributed by atoms with Gasteiger partial charge in [0.15, 0.2) is 0 Å². The summed E-state index contributed by atoms with van der Waals surface area (Å²) in [6.07, 6.45) is 7.31. The van der Waals surface area contributed by atoms with Gasteiger partial charge in [0.05, 0.1) is 6.54 Å². The maximum atomic E-state index is 12.0. The Morgan fingerprint density at radius 2 is 1.84 bits per heavy atom. The summed E-state index contributed by atoms with van der Waals surface area (Å²) in [5.41, 5.74) is 6.07. The highest BCUT2D eigenvalue weighted by Crippen LogP contribution is 2.30. The van der Waals surface area contributed by atoms with Crippen molar-refractivity contribution in [2.45, 2.75) is 57.9 Å². The van der Waals surface area contributed by atoms with Crippen LogP contribution in [0.3, 0.4) is 0 Å². The van der Waals surface area contributed by atoms with Crippen LogP contribution in [0.1, 0.15) is 52.4 Å². The van der Waals surface area contributed by atoms with Crippen molar-refractivity contribution in [1.82, 2.24) is 10.2 Å². The molecule has 0 heterocycles. The normalized spacial score (nSPS) is 19.5. The number of hydrogen-bond acceptors (Lipinski definition) is 3. The van der Waals surface area contributed by atoms with E-state index in [2.05, 4.69) is 24.1 Å². The Hall–Kier alpha value is -0.610. The number of nitrogens with one attached hydrogen (secondary N) is 1. The highest BCUT2D eigenvalue weighted by Gasteiger charge is 2.34. The fourth-order valence-corrected chi connectivity index (χ4v) is 2.89. The summed E-state index contributed by atoms with van der Waals surface area (Å²) in [6.45, 7) is 6.08. The Morgan fingerprint density at radius 1 is 1.26 bits per heavy atom. The van der Waals surface area contributed by atoms with Gasteiger partial charge in [-0.2, -0.15) is 0 Å². The smallest absolute Gasteiger partial charge is 0.234 e. The second-order valence-corrected chi connectivity index (χ2v) is 6.40. The quantitative estimate of drug-likeness (QED) is 0.722. The Labute approximate surface area is 118 Å². The Balaban J connectivity index is 2.52. The monoisotopic (exact) mass is 269 g/mol. The predicted octanol–water partition coefficient (Wildman–Crippen LogP) is 1.74. The fourth-order valence-electron chi connectivity index (χ4n) is 2.89. The molecule has 1 amide bonds. The number of nitrogens with two attached hydrogens (primary N) is 1. The summed E-state index contributed by atoms with van der Waals surface area (Å²) in [7, 11) is 2.05. The highest BCUT2D eigenvalue weighted by molar-refractivity contribution is 5.78. The largest absolute Gasteiger partial charge is 0.355 e. The van der Waals surface area contributed by atoms with Gasteiger partial charge in [0.2, 0.25) is 5.91 Å². The molecule has 4 heteroatoms. The number of carbonyl (C=O) groups is 1. The molecule has 19 heavy (non-hydrogen) atoms. The summed E-state index contributed by atoms with van der Waals surface area (Å²) in [5, 5.41) is 2.99. The van der Waals surface area contributed by atoms with E-state index in [4.69, 9.17) is 5.73 Å². The van der Waals surface area contributed by atoms with Gasteiger partial charge >= 0.3 is 0 Å². The molecule has 0 spiro atoms. The van der Waals surface area contributed by atoms with Gasteiger partial charge < -0.3 is 11.1 Å². The van der Waals surface area contributed by atoms with E-state index in [1.807, 2.05) is 7.05 Å². The third-order valence-corrected chi connectivity index (χ3v) is 4.31. The molecule has 1 saturated carbocycles. The molecular weight excluding hydrogens is 238 g/mol. The molecule has 0 aromatic heterocycles. The van der Waals surface area contributed by atoms with Crippen molar-refractivity contribution in [2.24, 2.45) is 11.7 Å². The Kier molecular flexibility index (Phi) is 6.80. The van der Waals surface area contributed by atoms with Gasteiger partial charge in [0.25, 0.3) is 0 Å². The molecule has 1 rings (SSSR count). The van der Waals surface area contributed by atoms with Gasteiger partial charge in [-0.3, -0.25) is 9.69 Å². The van der Waals surface area contributed by atoms with E-state index in [0.29, 0.717) is 19.0 Å². The van der Waals surface area contributed by atoms with Crippen molar-refractivity contribution in [3.05, 3.63) is 0 Å². The molecule has 4 nitrogen and oxygen atoms in total. The van der Waals surface area contributed by atoms with E-state index in [1.54, 1.807) is 0 Å². The second kappa shape index (κ2) is 7.85. The van der Waals surface area contributed by atoms with E-state index in [1.165, 1.54) is 25.7 Å². The number of rotatable bonds is 6. The van der Waals surface area contributed by atoms with Crippen LogP contribution in [0, 0.1) is 5.92 Å². The van der Waals surface area contributed by atoms with Gasteiger partial charge in [-0.05, 0) is 25.8 Å². The van der Waals surface area contributed by atoms with E-state index >= 15 is 0 Å². The molecule has 0 aliphatic heterocycles. The van der Waals surface area contributed by atoms with E-state index in [9.17, 15) is 4.79 Å². The van der Waals surface area contributed by atoms with Gasteiger partial charge in [-0.1, -0.05) is 39.5 Å². The third kappa shape index (κ3) is 5.11. The second-order valence-electron chi connectivity index (χ2n) is 6.40. The molecule has 0 saturated heterocycles. The molecule has 0 unspecified atom stereocenters. The molecule has 1 fully saturated rings. The van der Waals surface area contributed by atoms with Gasteiger partial charge in [0, 0.05) is 18.6 Å². The Morgan fingerprint density at radius 3 is 2.32 bits per heavy atom. The topological polar surface area (TPSA) is 58.4 Å². The maximum Gasteiger partial charge on any atom is 0.234 e. The van der Waals surface area contributed by atoms with E-state index < -0.39 is 0 Å². The van der Waals surface area contributed by atoms with Gasteiger partial charge in [0.1, 0.15) is 0 Å². The molecule has 0 aromatic rings. The zero-order valence-corrected chi connectivity index (χ0v) is 12.9. The van der Waals surface area contributed by atoms with Crippen molar-refractivity contribution in [3.8, 4) is 0 Å². The minimum Gasteiger partial charge on any atom is -0.355 e. The first kappa shape index (κ1) is 16.4. The molecule has 0 radical (unpaired) electrons. The summed E-state index contributed by atoms with van der Waals surface area (Å²) in [4.78, 5) is 14.1. The molecule has 112 valence electrons. The minimum absolute atomic E-state index is 0.0334. The van der Waals surface area contributed by atoms with Crippen LogP contribution < -0.4 is 11.1 Å².